The summed E-state index contributed by atoms with van der Waals surface area (Å²) in [5, 5.41) is 2.79. The van der Waals surface area contributed by atoms with Crippen LogP contribution in [-0.2, 0) is 9.59 Å². The van der Waals surface area contributed by atoms with Crippen LogP contribution in [0.1, 0.15) is 18.9 Å². The molecule has 1 saturated heterocycles. The van der Waals surface area contributed by atoms with Crippen molar-refractivity contribution in [2.75, 3.05) is 11.4 Å². The number of aryl methyl sites for hydroxylation is 1. The molecule has 4 nitrogen and oxygen atoms in total. The predicted octanol–water partition coefficient (Wildman–Crippen LogP) is 3.50. The van der Waals surface area contributed by atoms with Crippen LogP contribution in [-0.4, -0.2) is 27.8 Å². The lowest BCUT2D eigenvalue weighted by atomic mass is 10.1. The molecule has 2 aromatic rings. The van der Waals surface area contributed by atoms with Gasteiger partial charge in [0, 0.05) is 36.1 Å². The zero-order valence-electron chi connectivity index (χ0n) is 12.4. The fraction of sp³-hybridized carbons (Fsp3) is 0.312. The second kappa shape index (κ2) is 6.22. The molecule has 6 heteroatoms. The number of anilines is 1. The van der Waals surface area contributed by atoms with Crippen molar-refractivity contribution >= 4 is 39.3 Å². The van der Waals surface area contributed by atoms with E-state index in [-0.39, 0.29) is 16.3 Å². The van der Waals surface area contributed by atoms with Crippen molar-refractivity contribution in [3.05, 3.63) is 35.2 Å². The van der Waals surface area contributed by atoms with Gasteiger partial charge in [0.05, 0.1) is 5.69 Å². The lowest BCUT2D eigenvalue weighted by molar-refractivity contribution is -0.117. The minimum atomic E-state index is 0.0378. The third-order valence-corrected chi connectivity index (χ3v) is 5.41. The summed E-state index contributed by atoms with van der Waals surface area (Å²) in [7, 11) is 0. The molecule has 0 aliphatic carbocycles. The third kappa shape index (κ3) is 3.08. The second-order valence-electron chi connectivity index (χ2n) is 5.27. The van der Waals surface area contributed by atoms with Gasteiger partial charge >= 0.3 is 0 Å². The van der Waals surface area contributed by atoms with E-state index in [1.807, 2.05) is 23.6 Å². The molecule has 0 saturated carbocycles. The van der Waals surface area contributed by atoms with Crippen molar-refractivity contribution < 1.29 is 9.59 Å². The van der Waals surface area contributed by atoms with E-state index in [1.165, 1.54) is 30.0 Å². The van der Waals surface area contributed by atoms with Gasteiger partial charge in [-0.15, -0.1) is 11.3 Å². The number of aromatic nitrogens is 1. The highest BCUT2D eigenvalue weighted by Gasteiger charge is 2.33. The zero-order chi connectivity index (χ0) is 15.7. The van der Waals surface area contributed by atoms with Crippen LogP contribution in [0, 0.1) is 6.92 Å². The van der Waals surface area contributed by atoms with Crippen LogP contribution in [0.15, 0.2) is 29.6 Å². The Morgan fingerprint density at radius 2 is 2.18 bits per heavy atom. The van der Waals surface area contributed by atoms with Gasteiger partial charge in [0.1, 0.15) is 0 Å². The summed E-state index contributed by atoms with van der Waals surface area (Å²) in [6.07, 6.45) is 0.406. The number of hydrogen-bond donors (Lipinski definition) is 0. The Labute approximate surface area is 137 Å². The summed E-state index contributed by atoms with van der Waals surface area (Å²) in [6.45, 7) is 4.15. The van der Waals surface area contributed by atoms with E-state index >= 15 is 0 Å². The highest BCUT2D eigenvalue weighted by Crippen LogP contribution is 2.33. The summed E-state index contributed by atoms with van der Waals surface area (Å²) in [4.78, 5) is 29.7. The van der Waals surface area contributed by atoms with Crippen LogP contribution in [0.5, 0.6) is 0 Å². The number of rotatable bonds is 3. The maximum Gasteiger partial charge on any atom is 0.230 e. The molecular weight excluding hydrogens is 316 g/mol. The molecule has 1 aliphatic rings. The van der Waals surface area contributed by atoms with Crippen molar-refractivity contribution in [3.8, 4) is 11.3 Å². The molecule has 1 fully saturated rings. The molecular formula is C16H16N2O2S2. The lowest BCUT2D eigenvalue weighted by Gasteiger charge is -2.12. The van der Waals surface area contributed by atoms with Crippen LogP contribution in [0.25, 0.3) is 11.3 Å². The van der Waals surface area contributed by atoms with Crippen molar-refractivity contribution in [2.45, 2.75) is 25.5 Å². The summed E-state index contributed by atoms with van der Waals surface area (Å²) in [5.74, 6) is 0.0458. The molecule has 1 atom stereocenters. The molecule has 3 rings (SSSR count). The number of carbonyl (C=O) groups excluding carboxylic acids is 2. The molecule has 114 valence electrons. The summed E-state index contributed by atoms with van der Waals surface area (Å²) in [6, 6.07) is 8.07. The number of hydrogen-bond acceptors (Lipinski definition) is 5. The summed E-state index contributed by atoms with van der Waals surface area (Å²) in [5.41, 5.74) is 3.15. The van der Waals surface area contributed by atoms with E-state index in [0.29, 0.717) is 13.0 Å². The normalized spacial score (nSPS) is 18.0. The Hall–Kier alpha value is -1.66. The zero-order valence-corrected chi connectivity index (χ0v) is 14.0. The van der Waals surface area contributed by atoms with E-state index in [2.05, 4.69) is 18.0 Å². The largest absolute Gasteiger partial charge is 0.288 e. The fourth-order valence-electron chi connectivity index (χ4n) is 2.55. The molecule has 0 radical (unpaired) electrons. The van der Waals surface area contributed by atoms with Crippen LogP contribution >= 0.6 is 23.1 Å². The first-order valence-corrected chi connectivity index (χ1v) is 8.79. The number of thioether (sulfide) groups is 1. The van der Waals surface area contributed by atoms with Crippen LogP contribution in [0.3, 0.4) is 0 Å². The molecule has 1 amide bonds. The minimum absolute atomic E-state index is 0.0378. The number of nitrogens with zero attached hydrogens (tertiary/aromatic N) is 2. The minimum Gasteiger partial charge on any atom is -0.288 e. The van der Waals surface area contributed by atoms with Gasteiger partial charge in [-0.3, -0.25) is 14.5 Å². The monoisotopic (exact) mass is 332 g/mol. The van der Waals surface area contributed by atoms with E-state index in [9.17, 15) is 9.59 Å². The number of benzene rings is 1. The first-order valence-electron chi connectivity index (χ1n) is 7.03. The molecule has 0 N–H and O–H groups in total. The SMILES string of the molecule is CC(=O)SC1CC(=O)N(c2nc(-c3ccccc3C)cs2)C1. The van der Waals surface area contributed by atoms with Crippen molar-refractivity contribution in [1.29, 1.82) is 0 Å². The van der Waals surface area contributed by atoms with Gasteiger partial charge in [-0.25, -0.2) is 4.98 Å². The number of thiazole rings is 1. The van der Waals surface area contributed by atoms with Gasteiger partial charge in [0.25, 0.3) is 0 Å². The molecule has 0 spiro atoms. The fourth-order valence-corrected chi connectivity index (χ4v) is 4.32. The standard InChI is InChI=1S/C16H16N2O2S2/c1-10-5-3-4-6-13(10)14-9-21-16(17-14)18-8-12(7-15(18)20)22-11(2)19/h3-6,9,12H,7-8H2,1-2H3. The molecule has 1 aliphatic heterocycles. The van der Waals surface area contributed by atoms with Crippen molar-refractivity contribution in [3.63, 3.8) is 0 Å². The van der Waals surface area contributed by atoms with Crippen molar-refractivity contribution in [2.24, 2.45) is 0 Å². The van der Waals surface area contributed by atoms with Gasteiger partial charge < -0.3 is 0 Å². The van der Waals surface area contributed by atoms with E-state index in [1.54, 1.807) is 4.90 Å². The van der Waals surface area contributed by atoms with Crippen LogP contribution in [0.2, 0.25) is 0 Å². The Bertz CT molecular complexity index is 726. The van der Waals surface area contributed by atoms with Gasteiger partial charge in [0.2, 0.25) is 5.91 Å². The maximum atomic E-state index is 12.1. The van der Waals surface area contributed by atoms with Gasteiger partial charge in [0.15, 0.2) is 10.2 Å². The lowest BCUT2D eigenvalue weighted by Crippen LogP contribution is -2.24. The second-order valence-corrected chi connectivity index (χ2v) is 7.58. The van der Waals surface area contributed by atoms with Gasteiger partial charge in [-0.1, -0.05) is 36.0 Å². The topological polar surface area (TPSA) is 50.3 Å². The maximum absolute atomic E-state index is 12.1. The van der Waals surface area contributed by atoms with Crippen molar-refractivity contribution in [1.82, 2.24) is 4.98 Å². The molecule has 2 heterocycles. The first kappa shape index (κ1) is 15.2. The van der Waals surface area contributed by atoms with Gasteiger partial charge in [-0.05, 0) is 12.5 Å². The molecule has 0 bridgehead atoms. The average Bonchev–Trinajstić information content (AvgIpc) is 3.05. The smallest absolute Gasteiger partial charge is 0.230 e. The summed E-state index contributed by atoms with van der Waals surface area (Å²) >= 11 is 2.72. The predicted molar refractivity (Wildman–Crippen MR) is 91.3 cm³/mol. The third-order valence-electron chi connectivity index (χ3n) is 3.57. The number of carbonyl (C=O) groups is 2. The molecule has 1 aromatic carbocycles. The van der Waals surface area contributed by atoms with Gasteiger partial charge in [-0.2, -0.15) is 0 Å². The number of amides is 1. The highest BCUT2D eigenvalue weighted by molar-refractivity contribution is 8.14. The molecule has 22 heavy (non-hydrogen) atoms. The van der Waals surface area contributed by atoms with E-state index in [4.69, 9.17) is 0 Å². The Kier molecular flexibility index (Phi) is 4.31. The van der Waals surface area contributed by atoms with Crippen LogP contribution in [0.4, 0.5) is 5.13 Å². The highest BCUT2D eigenvalue weighted by atomic mass is 32.2. The molecule has 1 aromatic heterocycles. The van der Waals surface area contributed by atoms with E-state index < -0.39 is 0 Å². The Morgan fingerprint density at radius 3 is 2.91 bits per heavy atom. The van der Waals surface area contributed by atoms with Crippen LogP contribution < -0.4 is 4.90 Å². The molecule has 1 unspecified atom stereocenters. The average molecular weight is 332 g/mol. The summed E-state index contributed by atoms with van der Waals surface area (Å²) < 4.78 is 0. The first-order chi connectivity index (χ1) is 10.5. The Balaban J connectivity index is 1.81. The quantitative estimate of drug-likeness (QED) is 0.863. The Morgan fingerprint density at radius 1 is 1.41 bits per heavy atom. The van der Waals surface area contributed by atoms with E-state index in [0.717, 1.165) is 22.0 Å².